The lowest BCUT2D eigenvalue weighted by atomic mass is 10.0. The molecule has 0 aliphatic carbocycles. The van der Waals surface area contributed by atoms with Crippen LogP contribution in [0.2, 0.25) is 0 Å². The summed E-state index contributed by atoms with van der Waals surface area (Å²) in [5.41, 5.74) is 0. The molecule has 0 rings (SSSR count). The van der Waals surface area contributed by atoms with Gasteiger partial charge in [0.25, 0.3) is 0 Å². The van der Waals surface area contributed by atoms with Crippen molar-refractivity contribution in [2.45, 2.75) is 322 Å². The van der Waals surface area contributed by atoms with Gasteiger partial charge in [-0.25, -0.2) is 0 Å². The van der Waals surface area contributed by atoms with E-state index in [4.69, 9.17) is 4.74 Å². The fourth-order valence-electron chi connectivity index (χ4n) is 8.66. The smallest absolute Gasteiger partial charge is 0.306 e. The first-order chi connectivity index (χ1) is 30.0. The Morgan fingerprint density at radius 3 is 1.16 bits per heavy atom. The van der Waals surface area contributed by atoms with Crippen molar-refractivity contribution in [2.24, 2.45) is 0 Å². The topological polar surface area (TPSA) is 95.9 Å². The highest BCUT2D eigenvalue weighted by Crippen LogP contribution is 2.19. The zero-order chi connectivity index (χ0) is 44.5. The van der Waals surface area contributed by atoms with Gasteiger partial charge >= 0.3 is 5.97 Å². The van der Waals surface area contributed by atoms with Gasteiger partial charge in [0, 0.05) is 6.42 Å². The van der Waals surface area contributed by atoms with Crippen LogP contribution in [0, 0.1) is 0 Å². The van der Waals surface area contributed by atoms with Gasteiger partial charge in [0.1, 0.15) is 6.10 Å². The highest BCUT2D eigenvalue weighted by molar-refractivity contribution is 5.77. The number of esters is 1. The first-order valence-electron chi connectivity index (χ1n) is 27.4. The number of ether oxygens (including phenoxy) is 1. The monoisotopic (exact) mass is 862 g/mol. The van der Waals surface area contributed by atoms with E-state index in [1.54, 1.807) is 0 Å². The van der Waals surface area contributed by atoms with E-state index in [0.29, 0.717) is 19.3 Å². The average molecular weight is 862 g/mol. The molecule has 3 unspecified atom stereocenters. The lowest BCUT2D eigenvalue weighted by Crippen LogP contribution is -2.46. The van der Waals surface area contributed by atoms with Gasteiger partial charge in [-0.3, -0.25) is 9.59 Å². The Morgan fingerprint density at radius 1 is 0.459 bits per heavy atom. The molecule has 6 nitrogen and oxygen atoms in total. The summed E-state index contributed by atoms with van der Waals surface area (Å²) in [7, 11) is 0. The minimum Gasteiger partial charge on any atom is -0.462 e. The Hall–Kier alpha value is -1.40. The zero-order valence-corrected chi connectivity index (χ0v) is 41.3. The van der Waals surface area contributed by atoms with Crippen LogP contribution in [0.3, 0.4) is 0 Å². The maximum absolute atomic E-state index is 13.2. The van der Waals surface area contributed by atoms with E-state index in [2.05, 4.69) is 38.2 Å². The van der Waals surface area contributed by atoms with Gasteiger partial charge in [0.15, 0.2) is 0 Å². The summed E-state index contributed by atoms with van der Waals surface area (Å²) in [5.74, 6) is -0.473. The summed E-state index contributed by atoms with van der Waals surface area (Å²) in [5, 5.41) is 23.8. The van der Waals surface area contributed by atoms with Gasteiger partial charge < -0.3 is 20.3 Å². The Labute approximate surface area is 380 Å². The molecular formula is C55H107NO5. The molecule has 0 spiro atoms. The van der Waals surface area contributed by atoms with E-state index in [1.165, 1.54) is 205 Å². The predicted octanol–water partition coefficient (Wildman–Crippen LogP) is 16.5. The fourth-order valence-corrected chi connectivity index (χ4v) is 8.66. The van der Waals surface area contributed by atoms with E-state index in [-0.39, 0.29) is 24.9 Å². The van der Waals surface area contributed by atoms with Crippen LogP contribution in [-0.2, 0) is 14.3 Å². The summed E-state index contributed by atoms with van der Waals surface area (Å²) in [6, 6.07) is -0.697. The maximum Gasteiger partial charge on any atom is 0.306 e. The van der Waals surface area contributed by atoms with Crippen molar-refractivity contribution in [3.8, 4) is 0 Å². The molecule has 0 bridgehead atoms. The number of hydrogen-bond donors (Lipinski definition) is 3. The van der Waals surface area contributed by atoms with Crippen molar-refractivity contribution in [3.63, 3.8) is 0 Å². The van der Waals surface area contributed by atoms with Crippen LogP contribution < -0.4 is 5.32 Å². The molecule has 6 heteroatoms. The number of rotatable bonds is 50. The number of nitrogens with one attached hydrogen (secondary N) is 1. The van der Waals surface area contributed by atoms with Crippen molar-refractivity contribution in [1.29, 1.82) is 0 Å². The van der Waals surface area contributed by atoms with Crippen LogP contribution in [0.25, 0.3) is 0 Å². The molecule has 0 aromatic carbocycles. The number of amides is 1. The molecule has 1 amide bonds. The molecule has 0 saturated heterocycles. The van der Waals surface area contributed by atoms with Gasteiger partial charge in [-0.1, -0.05) is 251 Å². The van der Waals surface area contributed by atoms with E-state index < -0.39 is 18.2 Å². The van der Waals surface area contributed by atoms with Crippen molar-refractivity contribution in [1.82, 2.24) is 5.32 Å². The molecule has 61 heavy (non-hydrogen) atoms. The Kier molecular flexibility index (Phi) is 48.5. The minimum absolute atomic E-state index is 0.0792. The normalized spacial score (nSPS) is 13.2. The lowest BCUT2D eigenvalue weighted by molar-refractivity contribution is -0.151. The standard InChI is InChI=1S/C55H107NO5/c1-4-7-10-13-16-19-22-24-26-27-28-29-32-34-37-40-43-46-51(61-55(60)48-45-42-39-36-33-30-25-23-20-17-14-11-8-5-2)49-54(59)56-52(50-57)53(58)47-44-41-38-35-31-21-18-15-12-9-6-3/h30,33,51-53,57-58H,4-29,31-32,34-50H2,1-3H3,(H,56,59)/b33-30-. The number of aliphatic hydroxyl groups is 2. The van der Waals surface area contributed by atoms with Crippen LogP contribution in [0.1, 0.15) is 303 Å². The van der Waals surface area contributed by atoms with Crippen LogP contribution in [0.15, 0.2) is 12.2 Å². The molecule has 3 N–H and O–H groups in total. The van der Waals surface area contributed by atoms with Crippen molar-refractivity contribution in [3.05, 3.63) is 12.2 Å². The second-order valence-corrected chi connectivity index (χ2v) is 19.0. The Bertz CT molecular complexity index is 924. The third-order valence-corrected chi connectivity index (χ3v) is 12.8. The predicted molar refractivity (Wildman–Crippen MR) is 264 cm³/mol. The number of aliphatic hydroxyl groups excluding tert-OH is 2. The molecule has 0 radical (unpaired) electrons. The molecule has 0 aliphatic heterocycles. The van der Waals surface area contributed by atoms with Crippen molar-refractivity contribution < 1.29 is 24.5 Å². The highest BCUT2D eigenvalue weighted by atomic mass is 16.5. The zero-order valence-electron chi connectivity index (χ0n) is 41.3. The quantitative estimate of drug-likeness (QED) is 0.0322. The first-order valence-corrected chi connectivity index (χ1v) is 27.4. The maximum atomic E-state index is 13.2. The second kappa shape index (κ2) is 49.6. The molecule has 0 aromatic heterocycles. The number of allylic oxidation sites excluding steroid dienone is 2. The van der Waals surface area contributed by atoms with Gasteiger partial charge in [0.2, 0.25) is 5.91 Å². The van der Waals surface area contributed by atoms with E-state index in [0.717, 1.165) is 51.4 Å². The Morgan fingerprint density at radius 2 is 0.787 bits per heavy atom. The van der Waals surface area contributed by atoms with Gasteiger partial charge in [-0.05, 0) is 51.4 Å². The Balaban J connectivity index is 4.54. The van der Waals surface area contributed by atoms with Crippen LogP contribution in [-0.4, -0.2) is 46.9 Å². The van der Waals surface area contributed by atoms with Crippen molar-refractivity contribution >= 4 is 11.9 Å². The summed E-state index contributed by atoms with van der Waals surface area (Å²) in [4.78, 5) is 26.2. The highest BCUT2D eigenvalue weighted by Gasteiger charge is 2.24. The number of hydrogen-bond acceptors (Lipinski definition) is 5. The first kappa shape index (κ1) is 59.6. The number of unbranched alkanes of at least 4 members (excludes halogenated alkanes) is 36. The molecule has 0 heterocycles. The van der Waals surface area contributed by atoms with Crippen LogP contribution in [0.5, 0.6) is 0 Å². The average Bonchev–Trinajstić information content (AvgIpc) is 3.25. The molecule has 3 atom stereocenters. The third-order valence-electron chi connectivity index (χ3n) is 12.8. The summed E-state index contributed by atoms with van der Waals surface area (Å²) < 4.78 is 5.94. The summed E-state index contributed by atoms with van der Waals surface area (Å²) in [6.45, 7) is 6.50. The van der Waals surface area contributed by atoms with Crippen LogP contribution >= 0.6 is 0 Å². The largest absolute Gasteiger partial charge is 0.462 e. The molecule has 0 fully saturated rings. The van der Waals surface area contributed by atoms with E-state index in [1.807, 2.05) is 0 Å². The van der Waals surface area contributed by atoms with Crippen LogP contribution in [0.4, 0.5) is 0 Å². The lowest BCUT2D eigenvalue weighted by Gasteiger charge is -2.24. The molecule has 0 saturated carbocycles. The van der Waals surface area contributed by atoms with E-state index in [9.17, 15) is 19.8 Å². The number of carbonyl (C=O) groups excluding carboxylic acids is 2. The molecule has 0 aromatic rings. The second-order valence-electron chi connectivity index (χ2n) is 19.0. The summed E-state index contributed by atoms with van der Waals surface area (Å²) >= 11 is 0. The van der Waals surface area contributed by atoms with Crippen molar-refractivity contribution in [2.75, 3.05) is 6.61 Å². The minimum atomic E-state index is -0.784. The SMILES string of the molecule is CCCCCCCCC/C=C\CCCCCC(=O)OC(CCCCCCCCCCCCCCCCCCC)CC(=O)NC(CO)C(O)CCCCCCCCCCCCC. The molecule has 0 aliphatic rings. The summed E-state index contributed by atoms with van der Waals surface area (Å²) in [6.07, 6.45) is 55.6. The van der Waals surface area contributed by atoms with Gasteiger partial charge in [-0.2, -0.15) is 0 Å². The van der Waals surface area contributed by atoms with E-state index >= 15 is 0 Å². The van der Waals surface area contributed by atoms with Gasteiger partial charge in [-0.15, -0.1) is 0 Å². The molecule has 362 valence electrons. The van der Waals surface area contributed by atoms with Gasteiger partial charge in [0.05, 0.1) is 25.2 Å². The fraction of sp³-hybridized carbons (Fsp3) is 0.927. The molecular weight excluding hydrogens is 755 g/mol. The third kappa shape index (κ3) is 45.0. The number of carbonyl (C=O) groups is 2.